The van der Waals surface area contributed by atoms with Crippen molar-refractivity contribution in [2.45, 2.75) is 0 Å². The lowest BCUT2D eigenvalue weighted by Crippen LogP contribution is -1.98. The van der Waals surface area contributed by atoms with Gasteiger partial charge in [-0.2, -0.15) is 0 Å². The van der Waals surface area contributed by atoms with Crippen LogP contribution in [0.1, 0.15) is 5.82 Å². The molecule has 0 atom stereocenters. The first-order valence-electron chi connectivity index (χ1n) is 5.21. The number of halogens is 1. The molecule has 0 saturated heterocycles. The van der Waals surface area contributed by atoms with E-state index in [-0.39, 0.29) is 0 Å². The summed E-state index contributed by atoms with van der Waals surface area (Å²) in [6.45, 7) is 0. The normalized spacial score (nSPS) is 11.4. The highest BCUT2D eigenvalue weighted by molar-refractivity contribution is 6.30. The van der Waals surface area contributed by atoms with Gasteiger partial charge in [0, 0.05) is 5.02 Å². The van der Waals surface area contributed by atoms with Gasteiger partial charge in [-0.3, -0.25) is 0 Å². The summed E-state index contributed by atoms with van der Waals surface area (Å²) in [6.07, 6.45) is 6.80. The zero-order valence-electron chi connectivity index (χ0n) is 9.69. The van der Waals surface area contributed by atoms with E-state index < -0.39 is 0 Å². The summed E-state index contributed by atoms with van der Waals surface area (Å²) in [6, 6.07) is 7.19. The number of benzene rings is 1. The molecule has 92 valence electrons. The molecule has 0 aliphatic rings. The van der Waals surface area contributed by atoms with Crippen molar-refractivity contribution in [1.29, 1.82) is 0 Å². The Labute approximate surface area is 109 Å². The van der Waals surface area contributed by atoms with Gasteiger partial charge in [0.1, 0.15) is 0 Å². The lowest BCUT2D eigenvalue weighted by molar-refractivity contribution is 0.338. The number of ether oxygens (including phenoxy) is 1. The molecule has 0 saturated carbocycles. The van der Waals surface area contributed by atoms with Gasteiger partial charge in [0.2, 0.25) is 0 Å². The number of allylic oxidation sites excluding steroid dienone is 2. The van der Waals surface area contributed by atoms with E-state index in [1.165, 1.54) is 4.80 Å². The summed E-state index contributed by atoms with van der Waals surface area (Å²) < 4.78 is 4.76. The molecule has 18 heavy (non-hydrogen) atoms. The van der Waals surface area contributed by atoms with Crippen molar-refractivity contribution < 1.29 is 4.74 Å². The molecule has 0 radical (unpaired) electrons. The molecule has 1 aromatic carbocycles. The van der Waals surface area contributed by atoms with Crippen LogP contribution in [0.5, 0.6) is 0 Å². The molecule has 6 heteroatoms. The van der Waals surface area contributed by atoms with Gasteiger partial charge < -0.3 is 4.74 Å². The number of rotatable bonds is 4. The van der Waals surface area contributed by atoms with Gasteiger partial charge >= 0.3 is 0 Å². The SMILES string of the molecule is CO/C=C/C=C\c1nnn(-c2ccc(Cl)cc2)n1. The molecular weight excluding hydrogens is 252 g/mol. The van der Waals surface area contributed by atoms with Gasteiger partial charge in [-0.15, -0.1) is 15.0 Å². The molecule has 1 heterocycles. The fourth-order valence-corrected chi connectivity index (χ4v) is 1.37. The largest absolute Gasteiger partial charge is 0.504 e. The lowest BCUT2D eigenvalue weighted by atomic mass is 10.3. The van der Waals surface area contributed by atoms with Crippen LogP contribution in [-0.4, -0.2) is 27.3 Å². The first-order chi connectivity index (χ1) is 8.79. The van der Waals surface area contributed by atoms with Crippen LogP contribution in [0.4, 0.5) is 0 Å². The molecule has 0 unspecified atom stereocenters. The third-order valence-electron chi connectivity index (χ3n) is 2.06. The topological polar surface area (TPSA) is 52.8 Å². The van der Waals surface area contributed by atoms with Gasteiger partial charge in [0.25, 0.3) is 0 Å². The summed E-state index contributed by atoms with van der Waals surface area (Å²) in [4.78, 5) is 1.44. The molecule has 0 aliphatic carbocycles. The number of aromatic nitrogens is 4. The highest BCUT2D eigenvalue weighted by Gasteiger charge is 2.01. The zero-order valence-corrected chi connectivity index (χ0v) is 10.4. The zero-order chi connectivity index (χ0) is 12.8. The fraction of sp³-hybridized carbons (Fsp3) is 0.0833. The average molecular weight is 263 g/mol. The predicted octanol–water partition coefficient (Wildman–Crippen LogP) is 2.49. The van der Waals surface area contributed by atoms with Crippen LogP contribution in [0.2, 0.25) is 5.02 Å². The van der Waals surface area contributed by atoms with Crippen molar-refractivity contribution in [1.82, 2.24) is 20.2 Å². The number of nitrogens with zero attached hydrogens (tertiary/aromatic N) is 4. The van der Waals surface area contributed by atoms with Crippen molar-refractivity contribution in [3.05, 3.63) is 53.5 Å². The quantitative estimate of drug-likeness (QED) is 0.627. The minimum Gasteiger partial charge on any atom is -0.504 e. The lowest BCUT2D eigenvalue weighted by Gasteiger charge is -1.96. The van der Waals surface area contributed by atoms with E-state index in [0.717, 1.165) is 5.69 Å². The van der Waals surface area contributed by atoms with E-state index in [2.05, 4.69) is 15.4 Å². The van der Waals surface area contributed by atoms with E-state index >= 15 is 0 Å². The van der Waals surface area contributed by atoms with Gasteiger partial charge in [0.15, 0.2) is 5.82 Å². The molecule has 0 spiro atoms. The smallest absolute Gasteiger partial charge is 0.198 e. The maximum absolute atomic E-state index is 5.81. The average Bonchev–Trinajstić information content (AvgIpc) is 2.84. The molecule has 0 aliphatic heterocycles. The van der Waals surface area contributed by atoms with E-state index in [4.69, 9.17) is 16.3 Å². The molecule has 5 nitrogen and oxygen atoms in total. The summed E-state index contributed by atoms with van der Waals surface area (Å²) >= 11 is 5.81. The minimum absolute atomic E-state index is 0.519. The van der Waals surface area contributed by atoms with E-state index in [9.17, 15) is 0 Å². The Balaban J connectivity index is 2.13. The third kappa shape index (κ3) is 3.18. The number of hydrogen-bond donors (Lipinski definition) is 0. The maximum atomic E-state index is 5.81. The Morgan fingerprint density at radius 3 is 2.72 bits per heavy atom. The Morgan fingerprint density at radius 1 is 1.22 bits per heavy atom. The summed E-state index contributed by atoms with van der Waals surface area (Å²) in [5.41, 5.74) is 0.805. The maximum Gasteiger partial charge on any atom is 0.198 e. The van der Waals surface area contributed by atoms with Gasteiger partial charge in [0.05, 0.1) is 19.1 Å². The monoisotopic (exact) mass is 262 g/mol. The Bertz CT molecular complexity index is 560. The van der Waals surface area contributed by atoms with Crippen molar-refractivity contribution in [3.63, 3.8) is 0 Å². The predicted molar refractivity (Wildman–Crippen MR) is 69.3 cm³/mol. The van der Waals surface area contributed by atoms with Gasteiger partial charge in [-0.25, -0.2) is 0 Å². The highest BCUT2D eigenvalue weighted by atomic mass is 35.5. The minimum atomic E-state index is 0.519. The standard InChI is InChI=1S/C12H11ClN4O/c1-18-9-3-2-4-12-14-16-17(15-12)11-7-5-10(13)6-8-11/h2-9H,1H3/b4-2-,9-3+. The molecular formula is C12H11ClN4O. The van der Waals surface area contributed by atoms with E-state index in [0.29, 0.717) is 10.8 Å². The molecule has 2 aromatic rings. The molecule has 0 bridgehead atoms. The van der Waals surface area contributed by atoms with E-state index in [1.54, 1.807) is 43.7 Å². The fourth-order valence-electron chi connectivity index (χ4n) is 1.24. The Hall–Kier alpha value is -2.14. The second kappa shape index (κ2) is 5.97. The summed E-state index contributed by atoms with van der Waals surface area (Å²) in [7, 11) is 1.58. The van der Waals surface area contributed by atoms with Crippen LogP contribution in [0.15, 0.2) is 42.7 Å². The number of methoxy groups -OCH3 is 1. The van der Waals surface area contributed by atoms with Crippen molar-refractivity contribution >= 4 is 17.7 Å². The van der Waals surface area contributed by atoms with Crippen molar-refractivity contribution in [3.8, 4) is 5.69 Å². The highest BCUT2D eigenvalue weighted by Crippen LogP contribution is 2.11. The number of tetrazole rings is 1. The van der Waals surface area contributed by atoms with Crippen LogP contribution in [0.25, 0.3) is 11.8 Å². The number of hydrogen-bond acceptors (Lipinski definition) is 4. The van der Waals surface area contributed by atoms with Crippen LogP contribution < -0.4 is 0 Å². The van der Waals surface area contributed by atoms with Crippen LogP contribution in [0, 0.1) is 0 Å². The Kier molecular flexibility index (Phi) is 4.09. The van der Waals surface area contributed by atoms with E-state index in [1.807, 2.05) is 12.1 Å². The second-order valence-electron chi connectivity index (χ2n) is 3.34. The van der Waals surface area contributed by atoms with Crippen LogP contribution in [-0.2, 0) is 4.74 Å². The van der Waals surface area contributed by atoms with Crippen LogP contribution >= 0.6 is 11.6 Å². The van der Waals surface area contributed by atoms with Crippen molar-refractivity contribution in [2.75, 3.05) is 7.11 Å². The van der Waals surface area contributed by atoms with Crippen molar-refractivity contribution in [2.24, 2.45) is 0 Å². The van der Waals surface area contributed by atoms with Gasteiger partial charge in [-0.05, 0) is 41.6 Å². The second-order valence-corrected chi connectivity index (χ2v) is 3.77. The molecule has 0 fully saturated rings. The first-order valence-corrected chi connectivity index (χ1v) is 5.59. The summed E-state index contributed by atoms with van der Waals surface area (Å²) in [5, 5.41) is 12.7. The first kappa shape index (κ1) is 12.3. The molecule has 2 rings (SSSR count). The Morgan fingerprint density at radius 2 is 2.00 bits per heavy atom. The third-order valence-corrected chi connectivity index (χ3v) is 2.31. The van der Waals surface area contributed by atoms with Crippen LogP contribution in [0.3, 0.4) is 0 Å². The molecule has 1 aromatic heterocycles. The molecule has 0 N–H and O–H groups in total. The molecule has 0 amide bonds. The van der Waals surface area contributed by atoms with Gasteiger partial charge in [-0.1, -0.05) is 17.7 Å². The summed E-state index contributed by atoms with van der Waals surface area (Å²) in [5.74, 6) is 0.519.